The van der Waals surface area contributed by atoms with E-state index < -0.39 is 34.9 Å². The molecule has 10 heteroatoms. The second-order valence-corrected chi connectivity index (χ2v) is 8.89. The molecule has 2 heterocycles. The number of carbonyl (C=O) groups is 1. The average molecular weight is 481 g/mol. The first-order valence-corrected chi connectivity index (χ1v) is 11.1. The first-order chi connectivity index (χ1) is 16.0. The van der Waals surface area contributed by atoms with Crippen molar-refractivity contribution in [2.24, 2.45) is 5.92 Å². The van der Waals surface area contributed by atoms with Crippen molar-refractivity contribution in [2.75, 3.05) is 20.3 Å². The van der Waals surface area contributed by atoms with Gasteiger partial charge in [0, 0.05) is 43.4 Å². The number of ether oxygens (including phenoxy) is 3. The molecule has 0 amide bonds. The molecule has 0 radical (unpaired) electrons. The zero-order valence-electron chi connectivity index (χ0n) is 19.1. The Morgan fingerprint density at radius 3 is 2.50 bits per heavy atom. The van der Waals surface area contributed by atoms with Crippen LogP contribution in [0.5, 0.6) is 11.5 Å². The predicted molar refractivity (Wildman–Crippen MR) is 117 cm³/mol. The molecule has 1 aromatic carbocycles. The van der Waals surface area contributed by atoms with Gasteiger partial charge in [-0.1, -0.05) is 13.8 Å². The van der Waals surface area contributed by atoms with Gasteiger partial charge < -0.3 is 23.9 Å². The van der Waals surface area contributed by atoms with Crippen LogP contribution in [0, 0.1) is 5.92 Å². The van der Waals surface area contributed by atoms with Crippen LogP contribution >= 0.6 is 0 Å². The quantitative estimate of drug-likeness (QED) is 0.530. The van der Waals surface area contributed by atoms with E-state index in [2.05, 4.69) is 0 Å². The molecule has 1 fully saturated rings. The highest BCUT2D eigenvalue weighted by Crippen LogP contribution is 2.51. The Labute approximate surface area is 194 Å². The second kappa shape index (κ2) is 8.98. The van der Waals surface area contributed by atoms with Gasteiger partial charge in [0.05, 0.1) is 17.9 Å². The molecule has 0 spiro atoms. The lowest BCUT2D eigenvalue weighted by molar-refractivity contribution is -0.139. The molecular formula is C24H26F3NO6. The summed E-state index contributed by atoms with van der Waals surface area (Å²) < 4.78 is 59.8. The number of halogens is 3. The van der Waals surface area contributed by atoms with Gasteiger partial charge in [-0.15, -0.1) is 0 Å². The van der Waals surface area contributed by atoms with Gasteiger partial charge in [0.25, 0.3) is 5.56 Å². The van der Waals surface area contributed by atoms with Gasteiger partial charge in [-0.05, 0) is 30.9 Å². The van der Waals surface area contributed by atoms with Crippen LogP contribution in [0.2, 0.25) is 0 Å². The van der Waals surface area contributed by atoms with E-state index in [0.717, 1.165) is 6.07 Å². The fraction of sp³-hybridized carbons (Fsp3) is 0.500. The number of carboxylic acid groups (broad SMARTS) is 1. The van der Waals surface area contributed by atoms with Gasteiger partial charge >= 0.3 is 12.1 Å². The van der Waals surface area contributed by atoms with E-state index in [1.807, 2.05) is 13.8 Å². The van der Waals surface area contributed by atoms with Crippen molar-refractivity contribution < 1.29 is 37.3 Å². The van der Waals surface area contributed by atoms with E-state index in [4.69, 9.17) is 14.2 Å². The standard InChI is InChI=1S/C24H26F3NO6/c1-12(2)21-15-9-16(23(30)31)22(29)28(13-5-6-13)20(15)14-10-17(24(25,26)27)19(11-18(14)34-21)33-8-4-7-32-3/h9-13,21H,4-8H2,1-3H3,(H,30,31). The summed E-state index contributed by atoms with van der Waals surface area (Å²) in [5, 5.41) is 9.59. The van der Waals surface area contributed by atoms with Crippen LogP contribution in [0.3, 0.4) is 0 Å². The van der Waals surface area contributed by atoms with Crippen LogP contribution < -0.4 is 15.0 Å². The fourth-order valence-corrected chi connectivity index (χ4v) is 4.26. The molecule has 1 aliphatic heterocycles. The van der Waals surface area contributed by atoms with Gasteiger partial charge in [-0.2, -0.15) is 13.2 Å². The Bertz CT molecular complexity index is 1170. The predicted octanol–water partition coefficient (Wildman–Crippen LogP) is 5.07. The van der Waals surface area contributed by atoms with Gasteiger partial charge in [-0.3, -0.25) is 4.79 Å². The molecule has 2 aromatic rings. The molecule has 1 N–H and O–H groups in total. The Kier molecular flexibility index (Phi) is 6.37. The molecule has 0 bridgehead atoms. The summed E-state index contributed by atoms with van der Waals surface area (Å²) in [6.07, 6.45) is -3.67. The monoisotopic (exact) mass is 481 g/mol. The first kappa shape index (κ1) is 24.1. The summed E-state index contributed by atoms with van der Waals surface area (Å²) in [5.74, 6) is -1.73. The molecule has 7 nitrogen and oxygen atoms in total. The van der Waals surface area contributed by atoms with E-state index in [0.29, 0.717) is 31.4 Å². The molecule has 4 rings (SSSR count). The number of aromatic carboxylic acids is 1. The maximum Gasteiger partial charge on any atom is 0.419 e. The third-order valence-electron chi connectivity index (χ3n) is 5.96. The number of carboxylic acids is 1. The second-order valence-electron chi connectivity index (χ2n) is 8.89. The Hall–Kier alpha value is -3.01. The Morgan fingerprint density at radius 1 is 1.24 bits per heavy atom. The van der Waals surface area contributed by atoms with Crippen molar-refractivity contribution in [3.8, 4) is 22.8 Å². The van der Waals surface area contributed by atoms with E-state index in [1.165, 1.54) is 23.8 Å². The highest BCUT2D eigenvalue weighted by atomic mass is 19.4. The normalized spacial score (nSPS) is 17.2. The third kappa shape index (κ3) is 4.38. The fourth-order valence-electron chi connectivity index (χ4n) is 4.26. The lowest BCUT2D eigenvalue weighted by Crippen LogP contribution is -2.32. The van der Waals surface area contributed by atoms with Crippen LogP contribution in [-0.4, -0.2) is 36.0 Å². The highest BCUT2D eigenvalue weighted by Gasteiger charge is 2.41. The van der Waals surface area contributed by atoms with Crippen LogP contribution in [0.1, 0.15) is 66.7 Å². The maximum atomic E-state index is 14.0. The lowest BCUT2D eigenvalue weighted by Gasteiger charge is -2.34. The number of fused-ring (bicyclic) bond motifs is 3. The molecule has 184 valence electrons. The smallest absolute Gasteiger partial charge is 0.419 e. The van der Waals surface area contributed by atoms with Crippen molar-refractivity contribution in [1.29, 1.82) is 0 Å². The third-order valence-corrected chi connectivity index (χ3v) is 5.96. The zero-order chi connectivity index (χ0) is 24.8. The van der Waals surface area contributed by atoms with Gasteiger partial charge in [0.2, 0.25) is 0 Å². The number of aromatic nitrogens is 1. The molecular weight excluding hydrogens is 455 g/mol. The molecule has 1 saturated carbocycles. The minimum absolute atomic E-state index is 0.0225. The van der Waals surface area contributed by atoms with E-state index >= 15 is 0 Å². The van der Waals surface area contributed by atoms with Gasteiger partial charge in [0.1, 0.15) is 23.2 Å². The summed E-state index contributed by atoms with van der Waals surface area (Å²) in [7, 11) is 1.49. The number of rotatable bonds is 8. The topological polar surface area (TPSA) is 87.0 Å². The van der Waals surface area contributed by atoms with Gasteiger partial charge in [0.15, 0.2) is 0 Å². The van der Waals surface area contributed by atoms with Crippen molar-refractivity contribution in [2.45, 2.75) is 51.4 Å². The van der Waals surface area contributed by atoms with Crippen LogP contribution in [0.4, 0.5) is 13.2 Å². The SMILES string of the molecule is COCCCOc1cc2c(cc1C(F)(F)F)-c1c(cc(C(=O)O)c(=O)n1C1CC1)C(C(C)C)O2. The number of hydrogen-bond acceptors (Lipinski definition) is 5. The molecule has 2 aliphatic rings. The summed E-state index contributed by atoms with van der Waals surface area (Å²) in [5.41, 5.74) is -1.35. The highest BCUT2D eigenvalue weighted by molar-refractivity contribution is 5.89. The van der Waals surface area contributed by atoms with E-state index in [-0.39, 0.29) is 41.3 Å². The molecule has 1 atom stereocenters. The average Bonchev–Trinajstić information content (AvgIpc) is 3.59. The Morgan fingerprint density at radius 2 is 1.94 bits per heavy atom. The zero-order valence-corrected chi connectivity index (χ0v) is 19.1. The lowest BCUT2D eigenvalue weighted by atomic mass is 9.89. The van der Waals surface area contributed by atoms with Crippen LogP contribution in [0.15, 0.2) is 23.0 Å². The van der Waals surface area contributed by atoms with Crippen molar-refractivity contribution in [1.82, 2.24) is 4.57 Å². The Balaban J connectivity index is 1.96. The van der Waals surface area contributed by atoms with Crippen molar-refractivity contribution in [3.05, 3.63) is 45.2 Å². The largest absolute Gasteiger partial charge is 0.493 e. The minimum atomic E-state index is -4.72. The van der Waals surface area contributed by atoms with Crippen LogP contribution in [0.25, 0.3) is 11.3 Å². The minimum Gasteiger partial charge on any atom is -0.493 e. The summed E-state index contributed by atoms with van der Waals surface area (Å²) >= 11 is 0. The molecule has 1 unspecified atom stereocenters. The van der Waals surface area contributed by atoms with Crippen LogP contribution in [-0.2, 0) is 10.9 Å². The number of alkyl halides is 3. The number of methoxy groups -OCH3 is 1. The number of pyridine rings is 1. The number of benzene rings is 1. The molecule has 1 aliphatic carbocycles. The summed E-state index contributed by atoms with van der Waals surface area (Å²) in [6.45, 7) is 4.08. The molecule has 0 saturated heterocycles. The maximum absolute atomic E-state index is 14.0. The number of hydrogen-bond donors (Lipinski definition) is 1. The summed E-state index contributed by atoms with van der Waals surface area (Å²) in [4.78, 5) is 24.9. The number of nitrogens with zero attached hydrogens (tertiary/aromatic N) is 1. The van der Waals surface area contributed by atoms with Crippen molar-refractivity contribution >= 4 is 5.97 Å². The van der Waals surface area contributed by atoms with E-state index in [9.17, 15) is 27.9 Å². The molecule has 1 aromatic heterocycles. The first-order valence-electron chi connectivity index (χ1n) is 11.1. The molecule has 34 heavy (non-hydrogen) atoms. The van der Waals surface area contributed by atoms with Gasteiger partial charge in [-0.25, -0.2) is 4.79 Å². The summed E-state index contributed by atoms with van der Waals surface area (Å²) in [6, 6.07) is 3.14. The van der Waals surface area contributed by atoms with E-state index in [1.54, 1.807) is 0 Å². The van der Waals surface area contributed by atoms with Crippen molar-refractivity contribution in [3.63, 3.8) is 0 Å².